The fourth-order valence-electron chi connectivity index (χ4n) is 2.94. The monoisotopic (exact) mass is 411 g/mol. The van der Waals surface area contributed by atoms with Gasteiger partial charge in [-0.3, -0.25) is 9.78 Å². The zero-order valence-electron chi connectivity index (χ0n) is 15.9. The molecule has 3 aromatic rings. The van der Waals surface area contributed by atoms with Crippen LogP contribution in [-0.4, -0.2) is 27.1 Å². The third-order valence-electron chi connectivity index (χ3n) is 4.67. The predicted molar refractivity (Wildman–Crippen MR) is 105 cm³/mol. The highest BCUT2D eigenvalue weighted by Crippen LogP contribution is 2.27. The molecule has 2 N–H and O–H groups in total. The van der Waals surface area contributed by atoms with Crippen molar-refractivity contribution < 1.29 is 23.4 Å². The predicted octanol–water partition coefficient (Wildman–Crippen LogP) is 3.39. The van der Waals surface area contributed by atoms with Gasteiger partial charge in [0.05, 0.1) is 17.9 Å². The second-order valence-electron chi connectivity index (χ2n) is 6.99. The van der Waals surface area contributed by atoms with Crippen LogP contribution < -0.4 is 10.1 Å². The SMILES string of the molecule is O=C(NCc1cnc(OC2CC2)c(F)c1)c1cc(-c2ncccc2CO)ccc1F. The summed E-state index contributed by atoms with van der Waals surface area (Å²) in [6, 6.07) is 8.65. The number of carbonyl (C=O) groups is 1. The van der Waals surface area contributed by atoms with Gasteiger partial charge in [-0.1, -0.05) is 6.07 Å². The molecule has 154 valence electrons. The van der Waals surface area contributed by atoms with Gasteiger partial charge in [0.1, 0.15) is 11.9 Å². The molecule has 1 aromatic carbocycles. The number of nitrogens with zero attached hydrogens (tertiary/aromatic N) is 2. The van der Waals surface area contributed by atoms with Crippen molar-refractivity contribution >= 4 is 5.91 Å². The van der Waals surface area contributed by atoms with Crippen LogP contribution in [0, 0.1) is 11.6 Å². The first-order valence-corrected chi connectivity index (χ1v) is 9.49. The maximum Gasteiger partial charge on any atom is 0.254 e. The van der Waals surface area contributed by atoms with E-state index in [0.29, 0.717) is 22.4 Å². The first kappa shape index (κ1) is 19.9. The van der Waals surface area contributed by atoms with E-state index in [1.54, 1.807) is 18.3 Å². The standard InChI is InChI=1S/C22H19F2N3O3/c23-18-6-3-14(20-15(12-28)2-1-7-25-20)9-17(18)21(29)26-10-13-8-19(24)22(27-11-13)30-16-4-5-16/h1-3,6-9,11,16,28H,4-5,10,12H2,(H,26,29). The van der Waals surface area contributed by atoms with Gasteiger partial charge in [0.15, 0.2) is 5.82 Å². The van der Waals surface area contributed by atoms with Gasteiger partial charge < -0.3 is 15.2 Å². The summed E-state index contributed by atoms with van der Waals surface area (Å²) >= 11 is 0. The Morgan fingerprint density at radius 2 is 2.00 bits per heavy atom. The minimum Gasteiger partial charge on any atom is -0.472 e. The molecule has 1 saturated carbocycles. The highest BCUT2D eigenvalue weighted by atomic mass is 19.1. The molecule has 0 aliphatic heterocycles. The maximum atomic E-state index is 14.3. The van der Waals surface area contributed by atoms with Crippen molar-refractivity contribution in [2.24, 2.45) is 0 Å². The molecule has 0 unspecified atom stereocenters. The Morgan fingerprint density at radius 3 is 2.73 bits per heavy atom. The van der Waals surface area contributed by atoms with E-state index in [4.69, 9.17) is 4.74 Å². The largest absolute Gasteiger partial charge is 0.472 e. The highest BCUT2D eigenvalue weighted by molar-refractivity contribution is 5.95. The van der Waals surface area contributed by atoms with Crippen molar-refractivity contribution in [3.05, 3.63) is 77.1 Å². The lowest BCUT2D eigenvalue weighted by Gasteiger charge is -2.11. The first-order chi connectivity index (χ1) is 14.5. The Hall–Kier alpha value is -3.39. The van der Waals surface area contributed by atoms with Crippen LogP contribution in [-0.2, 0) is 13.2 Å². The number of nitrogens with one attached hydrogen (secondary N) is 1. The summed E-state index contributed by atoms with van der Waals surface area (Å²) in [6.45, 7) is -0.261. The molecule has 0 atom stereocenters. The average molecular weight is 411 g/mol. The van der Waals surface area contributed by atoms with E-state index in [1.165, 1.54) is 30.5 Å². The molecule has 30 heavy (non-hydrogen) atoms. The Labute approximate surface area is 171 Å². The Kier molecular flexibility index (Phi) is 5.67. The van der Waals surface area contributed by atoms with Crippen molar-refractivity contribution in [2.75, 3.05) is 0 Å². The van der Waals surface area contributed by atoms with Crippen molar-refractivity contribution in [1.82, 2.24) is 15.3 Å². The number of aliphatic hydroxyl groups is 1. The number of ether oxygens (including phenoxy) is 1. The van der Waals surface area contributed by atoms with Crippen molar-refractivity contribution in [1.29, 1.82) is 0 Å². The number of halogens is 2. The first-order valence-electron chi connectivity index (χ1n) is 9.49. The van der Waals surface area contributed by atoms with Crippen LogP contribution in [0.3, 0.4) is 0 Å². The van der Waals surface area contributed by atoms with E-state index >= 15 is 0 Å². The lowest BCUT2D eigenvalue weighted by molar-refractivity contribution is 0.0947. The molecule has 1 amide bonds. The smallest absolute Gasteiger partial charge is 0.254 e. The van der Waals surface area contributed by atoms with Gasteiger partial charge in [-0.2, -0.15) is 0 Å². The summed E-state index contributed by atoms with van der Waals surface area (Å²) in [6.07, 6.45) is 4.77. The minimum atomic E-state index is -0.699. The molecule has 1 aliphatic carbocycles. The number of hydrogen-bond donors (Lipinski definition) is 2. The number of carbonyl (C=O) groups excluding carboxylic acids is 1. The van der Waals surface area contributed by atoms with E-state index < -0.39 is 17.5 Å². The number of rotatable bonds is 7. The molecule has 0 saturated heterocycles. The summed E-state index contributed by atoms with van der Waals surface area (Å²) in [7, 11) is 0. The number of aliphatic hydroxyl groups excluding tert-OH is 1. The fraction of sp³-hybridized carbons (Fsp3) is 0.227. The fourth-order valence-corrected chi connectivity index (χ4v) is 2.94. The summed E-state index contributed by atoms with van der Waals surface area (Å²) < 4.78 is 33.7. The van der Waals surface area contributed by atoms with Gasteiger partial charge in [0, 0.05) is 30.1 Å². The Balaban J connectivity index is 1.48. The van der Waals surface area contributed by atoms with E-state index in [-0.39, 0.29) is 30.7 Å². The minimum absolute atomic E-state index is 0.0262. The lowest BCUT2D eigenvalue weighted by atomic mass is 10.0. The van der Waals surface area contributed by atoms with Gasteiger partial charge >= 0.3 is 0 Å². The van der Waals surface area contributed by atoms with Crippen LogP contribution in [0.4, 0.5) is 8.78 Å². The van der Waals surface area contributed by atoms with Crippen LogP contribution in [0.5, 0.6) is 5.88 Å². The molecular formula is C22H19F2N3O3. The molecule has 1 aliphatic rings. The van der Waals surface area contributed by atoms with E-state index in [1.807, 2.05) is 0 Å². The summed E-state index contributed by atoms with van der Waals surface area (Å²) in [5, 5.41) is 12.0. The van der Waals surface area contributed by atoms with Gasteiger partial charge in [0.25, 0.3) is 11.8 Å². The Morgan fingerprint density at radius 1 is 1.17 bits per heavy atom. The third-order valence-corrected chi connectivity index (χ3v) is 4.67. The topological polar surface area (TPSA) is 84.3 Å². The second kappa shape index (κ2) is 8.54. The van der Waals surface area contributed by atoms with Crippen LogP contribution in [0.1, 0.15) is 34.3 Å². The van der Waals surface area contributed by atoms with Crippen LogP contribution in [0.15, 0.2) is 48.8 Å². The number of benzene rings is 1. The molecule has 0 radical (unpaired) electrons. The van der Waals surface area contributed by atoms with Crippen molar-refractivity contribution in [2.45, 2.75) is 32.1 Å². The van der Waals surface area contributed by atoms with Crippen LogP contribution in [0.2, 0.25) is 0 Å². The van der Waals surface area contributed by atoms with Crippen LogP contribution in [0.25, 0.3) is 11.3 Å². The van der Waals surface area contributed by atoms with Gasteiger partial charge in [0.2, 0.25) is 0 Å². The zero-order chi connectivity index (χ0) is 21.1. The number of aromatic nitrogens is 2. The molecule has 4 rings (SSSR count). The molecular weight excluding hydrogens is 392 g/mol. The highest BCUT2D eigenvalue weighted by Gasteiger charge is 2.25. The van der Waals surface area contributed by atoms with E-state index in [2.05, 4.69) is 15.3 Å². The number of hydrogen-bond acceptors (Lipinski definition) is 5. The van der Waals surface area contributed by atoms with Gasteiger partial charge in [-0.25, -0.2) is 13.8 Å². The normalized spacial score (nSPS) is 13.2. The molecule has 6 nitrogen and oxygen atoms in total. The van der Waals surface area contributed by atoms with Crippen molar-refractivity contribution in [3.63, 3.8) is 0 Å². The molecule has 1 fully saturated rings. The molecule has 0 bridgehead atoms. The van der Waals surface area contributed by atoms with E-state index in [0.717, 1.165) is 12.8 Å². The second-order valence-corrected chi connectivity index (χ2v) is 6.99. The Bertz CT molecular complexity index is 1090. The third kappa shape index (κ3) is 4.44. The van der Waals surface area contributed by atoms with Crippen molar-refractivity contribution in [3.8, 4) is 17.1 Å². The molecule has 2 heterocycles. The summed E-state index contributed by atoms with van der Waals surface area (Å²) in [5.41, 5.74) is 1.77. The summed E-state index contributed by atoms with van der Waals surface area (Å²) in [4.78, 5) is 20.7. The number of pyridine rings is 2. The van der Waals surface area contributed by atoms with Gasteiger partial charge in [-0.05, 0) is 48.7 Å². The lowest BCUT2D eigenvalue weighted by Crippen LogP contribution is -2.24. The van der Waals surface area contributed by atoms with E-state index in [9.17, 15) is 18.7 Å². The quantitative estimate of drug-likeness (QED) is 0.623. The summed E-state index contributed by atoms with van der Waals surface area (Å²) in [5.74, 6) is -2.01. The zero-order valence-corrected chi connectivity index (χ0v) is 15.9. The average Bonchev–Trinajstić information content (AvgIpc) is 3.58. The van der Waals surface area contributed by atoms with Gasteiger partial charge in [-0.15, -0.1) is 0 Å². The molecule has 8 heteroatoms. The molecule has 0 spiro atoms. The number of amides is 1. The molecule has 2 aromatic heterocycles. The van der Waals surface area contributed by atoms with Crippen LogP contribution >= 0.6 is 0 Å². The maximum absolute atomic E-state index is 14.3.